The van der Waals surface area contributed by atoms with E-state index in [1.165, 1.54) is 14.2 Å². The molecule has 16 heteroatoms. The molecule has 0 N–H and O–H groups in total. The van der Waals surface area contributed by atoms with E-state index in [1.807, 2.05) is 27.8 Å². The summed E-state index contributed by atoms with van der Waals surface area (Å²) in [5.74, 6) is 0.0143. The number of benzene rings is 4. The summed E-state index contributed by atoms with van der Waals surface area (Å²) in [6.07, 6.45) is -15.0. The van der Waals surface area contributed by atoms with E-state index < -0.39 is 80.6 Å². The van der Waals surface area contributed by atoms with Crippen molar-refractivity contribution < 1.29 is 71.4 Å². The molecule has 0 unspecified atom stereocenters. The summed E-state index contributed by atoms with van der Waals surface area (Å²) in [5.41, 5.74) is -8.16. The van der Waals surface area contributed by atoms with Crippen molar-refractivity contribution in [1.29, 1.82) is 0 Å². The fourth-order valence-corrected chi connectivity index (χ4v) is 10.4. The van der Waals surface area contributed by atoms with E-state index >= 15 is 0 Å². The van der Waals surface area contributed by atoms with Crippen LogP contribution in [0.15, 0.2) is 48.5 Å². The zero-order valence-electron chi connectivity index (χ0n) is 43.0. The van der Waals surface area contributed by atoms with Gasteiger partial charge in [-0.15, -0.1) is 0 Å². The number of unbranched alkanes of at least 4 members (excludes halogenated alkanes) is 4. The van der Waals surface area contributed by atoms with E-state index in [1.54, 1.807) is 60.8 Å². The van der Waals surface area contributed by atoms with Crippen LogP contribution in [0, 0.1) is 0 Å². The molecule has 0 fully saturated rings. The molecule has 1 atom stereocenters. The van der Waals surface area contributed by atoms with Gasteiger partial charge in [0.05, 0.1) is 43.5 Å². The van der Waals surface area contributed by atoms with Gasteiger partial charge in [0, 0.05) is 40.5 Å². The van der Waals surface area contributed by atoms with Crippen LogP contribution in [-0.4, -0.2) is 44.5 Å². The van der Waals surface area contributed by atoms with Crippen LogP contribution < -0.4 is 9.47 Å². The van der Waals surface area contributed by atoms with E-state index in [0.29, 0.717) is 59.4 Å². The second kappa shape index (κ2) is 20.5. The molecule has 0 aliphatic carbocycles. The van der Waals surface area contributed by atoms with Gasteiger partial charge in [-0.3, -0.25) is 0 Å². The van der Waals surface area contributed by atoms with Gasteiger partial charge < -0.3 is 18.7 Å². The van der Waals surface area contributed by atoms with E-state index in [-0.39, 0.29) is 63.5 Å². The smallest absolute Gasteiger partial charge is 0.416 e. The summed E-state index contributed by atoms with van der Waals surface area (Å²) in [6, 6.07) is 5.67. The first-order valence-corrected chi connectivity index (χ1v) is 24.0. The SMILES string of the molecule is CCCCCC(CCCCC)(OC)[C@H](C)[N+]1(C)Cc2c(cc(C(C)(C)C)c(OC)c2-c2cc(C(F)(F)F)cc(C(F)(F)F)c2)-c2cc(C(C)(C)C)c(OC)c(-c3cc(C(F)(F)F)cc(C(F)(F)F)c3)c2C1. The Morgan fingerprint density at radius 1 is 0.493 bits per heavy atom. The molecule has 0 saturated carbocycles. The topological polar surface area (TPSA) is 27.7 Å². The lowest BCUT2D eigenvalue weighted by molar-refractivity contribution is -0.963. The number of quaternary nitrogens is 1. The lowest BCUT2D eigenvalue weighted by Crippen LogP contribution is -2.61. The molecule has 1 aliphatic heterocycles. The van der Waals surface area contributed by atoms with Crippen LogP contribution in [0.3, 0.4) is 0 Å². The third-order valence-corrected chi connectivity index (χ3v) is 14.4. The molecule has 0 saturated heterocycles. The van der Waals surface area contributed by atoms with Crippen molar-refractivity contribution in [3.05, 3.63) is 93.0 Å². The van der Waals surface area contributed by atoms with Crippen molar-refractivity contribution in [2.75, 3.05) is 28.4 Å². The molecular weight excluding hydrogens is 951 g/mol. The van der Waals surface area contributed by atoms with Crippen LogP contribution in [-0.2, 0) is 53.4 Å². The number of hydrogen-bond acceptors (Lipinski definition) is 3. The van der Waals surface area contributed by atoms with Crippen LogP contribution in [0.5, 0.6) is 11.5 Å². The van der Waals surface area contributed by atoms with Crippen LogP contribution in [0.25, 0.3) is 33.4 Å². The van der Waals surface area contributed by atoms with Gasteiger partial charge >= 0.3 is 24.7 Å². The molecule has 0 radical (unpaired) electrons. The van der Waals surface area contributed by atoms with Crippen LogP contribution in [0.4, 0.5) is 52.7 Å². The molecule has 4 aromatic rings. The highest BCUT2D eigenvalue weighted by Crippen LogP contribution is 2.56. The number of hydrogen-bond donors (Lipinski definition) is 0. The van der Waals surface area contributed by atoms with Crippen molar-refractivity contribution in [2.24, 2.45) is 0 Å². The predicted molar refractivity (Wildman–Crippen MR) is 254 cm³/mol. The minimum absolute atomic E-state index is 0.00715. The lowest BCUT2D eigenvalue weighted by atomic mass is 9.76. The molecule has 5 rings (SSSR count). The first kappa shape index (κ1) is 57.5. The number of ether oxygens (including phenoxy) is 3. The third kappa shape index (κ3) is 12.0. The summed E-state index contributed by atoms with van der Waals surface area (Å²) >= 11 is 0. The van der Waals surface area contributed by atoms with E-state index in [2.05, 4.69) is 0 Å². The summed E-state index contributed by atoms with van der Waals surface area (Å²) in [5, 5.41) is 0. The number of fused-ring (bicyclic) bond motifs is 3. The molecule has 4 nitrogen and oxygen atoms in total. The maximum absolute atomic E-state index is 14.8. The molecular formula is C55H68F12NO3+. The van der Waals surface area contributed by atoms with Gasteiger partial charge in [0.1, 0.15) is 36.2 Å². The standard InChI is InChI=1S/C55H68F12NO3/c1-14-16-18-20-51(71-13,21-19-17-15-2)32(3)68(10)30-41-39(28-43(49(4,5)6)47(69-11)45(41)33-22-35(52(56,57)58)26-36(23-33)53(59,60)61)40-29-44(50(7,8)9)48(70-12)46(42(40)31-68)34-24-37(54(62,63)64)27-38(25-34)55(65,66)67/h22-29,32H,14-21,30-31H2,1-13H3/q+1/t32-/m0/s1. The van der Waals surface area contributed by atoms with Gasteiger partial charge in [-0.1, -0.05) is 93.9 Å². The molecule has 394 valence electrons. The molecule has 1 heterocycles. The van der Waals surface area contributed by atoms with Crippen molar-refractivity contribution in [3.8, 4) is 44.9 Å². The highest BCUT2D eigenvalue weighted by molar-refractivity contribution is 5.91. The molecule has 0 amide bonds. The van der Waals surface area contributed by atoms with Gasteiger partial charge in [-0.05, 0) is 101 Å². The normalized spacial score (nSPS) is 15.3. The maximum atomic E-state index is 14.8. The van der Waals surface area contributed by atoms with Crippen LogP contribution in [0.2, 0.25) is 0 Å². The Labute approximate surface area is 410 Å². The fourth-order valence-electron chi connectivity index (χ4n) is 10.4. The summed E-state index contributed by atoms with van der Waals surface area (Å²) < 4.78 is 197. The molecule has 1 aliphatic rings. The van der Waals surface area contributed by atoms with Crippen LogP contribution >= 0.6 is 0 Å². The molecule has 0 spiro atoms. The monoisotopic (exact) mass is 1020 g/mol. The summed E-state index contributed by atoms with van der Waals surface area (Å²) in [7, 11) is 6.00. The average molecular weight is 1020 g/mol. The zero-order valence-corrected chi connectivity index (χ0v) is 43.0. The van der Waals surface area contributed by atoms with E-state index in [9.17, 15) is 52.7 Å². The van der Waals surface area contributed by atoms with Crippen molar-refractivity contribution in [1.82, 2.24) is 0 Å². The zero-order chi connectivity index (χ0) is 53.7. The van der Waals surface area contributed by atoms with Gasteiger partial charge in [0.15, 0.2) is 0 Å². The average Bonchev–Trinajstić information content (AvgIpc) is 3.38. The predicted octanol–water partition coefficient (Wildman–Crippen LogP) is 17.8. The summed E-state index contributed by atoms with van der Waals surface area (Å²) in [6.45, 7) is 16.5. The number of rotatable bonds is 15. The van der Waals surface area contributed by atoms with E-state index in [0.717, 1.165) is 38.5 Å². The third-order valence-electron chi connectivity index (χ3n) is 14.4. The van der Waals surface area contributed by atoms with Gasteiger partial charge in [-0.2, -0.15) is 52.7 Å². The quantitative estimate of drug-likeness (QED) is 0.0675. The largest absolute Gasteiger partial charge is 0.496 e. The number of alkyl halides is 12. The minimum atomic E-state index is -5.23. The fraction of sp³-hybridized carbons (Fsp3) is 0.564. The first-order chi connectivity index (χ1) is 32.5. The Balaban J connectivity index is 2.19. The number of nitrogens with zero attached hydrogens (tertiary/aromatic N) is 1. The Morgan fingerprint density at radius 3 is 1.04 bits per heavy atom. The van der Waals surface area contributed by atoms with Crippen LogP contribution in [0.1, 0.15) is 158 Å². The Hall–Kier alpha value is -4.44. The Bertz CT molecular complexity index is 2310. The Morgan fingerprint density at radius 2 is 0.803 bits per heavy atom. The van der Waals surface area contributed by atoms with Gasteiger partial charge in [0.2, 0.25) is 0 Å². The number of halogens is 12. The summed E-state index contributed by atoms with van der Waals surface area (Å²) in [4.78, 5) is 0. The second-order valence-corrected chi connectivity index (χ2v) is 21.5. The van der Waals surface area contributed by atoms with Crippen molar-refractivity contribution in [2.45, 2.75) is 174 Å². The highest BCUT2D eigenvalue weighted by atomic mass is 19.4. The van der Waals surface area contributed by atoms with Crippen molar-refractivity contribution in [3.63, 3.8) is 0 Å². The molecule has 4 aromatic carbocycles. The minimum Gasteiger partial charge on any atom is -0.496 e. The molecule has 0 bridgehead atoms. The number of methoxy groups -OCH3 is 3. The Kier molecular flexibility index (Phi) is 16.6. The first-order valence-electron chi connectivity index (χ1n) is 24.0. The maximum Gasteiger partial charge on any atom is 0.416 e. The van der Waals surface area contributed by atoms with Crippen molar-refractivity contribution >= 4 is 0 Å². The number of likely N-dealkylation sites (N-methyl/N-ethyl adjacent to an activating group) is 1. The molecule has 0 aromatic heterocycles. The van der Waals surface area contributed by atoms with Gasteiger partial charge in [0.25, 0.3) is 0 Å². The van der Waals surface area contributed by atoms with Gasteiger partial charge in [-0.25, -0.2) is 0 Å². The highest BCUT2D eigenvalue weighted by Gasteiger charge is 2.50. The second-order valence-electron chi connectivity index (χ2n) is 21.5. The molecule has 71 heavy (non-hydrogen) atoms. The lowest BCUT2D eigenvalue weighted by Gasteiger charge is -2.49. The van der Waals surface area contributed by atoms with E-state index in [4.69, 9.17) is 14.2 Å².